The number of ether oxygens (including phenoxy) is 1. The van der Waals surface area contributed by atoms with Crippen molar-refractivity contribution in [3.8, 4) is 5.75 Å². The topological polar surface area (TPSA) is 12.5 Å². The Hall–Kier alpha value is -1.25. The van der Waals surface area contributed by atoms with Crippen LogP contribution in [0.3, 0.4) is 0 Å². The van der Waals surface area contributed by atoms with Crippen molar-refractivity contribution in [1.82, 2.24) is 0 Å². The summed E-state index contributed by atoms with van der Waals surface area (Å²) in [6, 6.07) is 4.69. The molecule has 0 aliphatic carbocycles. The molecule has 0 bridgehead atoms. The lowest BCUT2D eigenvalue weighted by Gasteiger charge is -2.29. The molecule has 0 spiro atoms. The number of nitrogens with zero attached hydrogens (tertiary/aromatic N) is 1. The van der Waals surface area contributed by atoms with Gasteiger partial charge in [0, 0.05) is 19.2 Å². The molecule has 3 heteroatoms. The Labute approximate surface area is 89.7 Å². The van der Waals surface area contributed by atoms with Crippen LogP contribution < -0.4 is 9.64 Å². The minimum absolute atomic E-state index is 0.198. The highest BCUT2D eigenvalue weighted by Crippen LogP contribution is 2.30. The minimum atomic E-state index is -0.198. The number of piperidine rings is 1. The maximum Gasteiger partial charge on any atom is 0.142 e. The first-order valence-electron chi connectivity index (χ1n) is 5.40. The van der Waals surface area contributed by atoms with Crippen molar-refractivity contribution >= 4 is 5.69 Å². The number of methoxy groups -OCH3 is 1. The summed E-state index contributed by atoms with van der Waals surface area (Å²) in [5.41, 5.74) is 0.886. The van der Waals surface area contributed by atoms with Gasteiger partial charge in [0.15, 0.2) is 0 Å². The Morgan fingerprint density at radius 3 is 2.60 bits per heavy atom. The van der Waals surface area contributed by atoms with Crippen molar-refractivity contribution in [2.24, 2.45) is 0 Å². The third kappa shape index (κ3) is 2.22. The predicted molar refractivity (Wildman–Crippen MR) is 59.0 cm³/mol. The molecular formula is C12H16FNO. The molecule has 82 valence electrons. The predicted octanol–water partition coefficient (Wildman–Crippen LogP) is 2.82. The average Bonchev–Trinajstić information content (AvgIpc) is 2.30. The van der Waals surface area contributed by atoms with Crippen LogP contribution in [0.25, 0.3) is 0 Å². The van der Waals surface area contributed by atoms with Crippen LogP contribution in [0.15, 0.2) is 18.2 Å². The van der Waals surface area contributed by atoms with Crippen molar-refractivity contribution < 1.29 is 9.13 Å². The highest BCUT2D eigenvalue weighted by atomic mass is 19.1. The molecule has 0 atom stereocenters. The van der Waals surface area contributed by atoms with E-state index >= 15 is 0 Å². The molecule has 1 aliphatic rings. The zero-order valence-electron chi connectivity index (χ0n) is 9.00. The summed E-state index contributed by atoms with van der Waals surface area (Å²) in [5.74, 6) is 0.565. The maximum absolute atomic E-state index is 13.2. The van der Waals surface area contributed by atoms with Crippen LogP contribution in [-0.4, -0.2) is 20.2 Å². The fourth-order valence-electron chi connectivity index (χ4n) is 2.05. The first-order valence-corrected chi connectivity index (χ1v) is 5.40. The van der Waals surface area contributed by atoms with Crippen molar-refractivity contribution in [2.45, 2.75) is 19.3 Å². The Kier molecular flexibility index (Phi) is 3.09. The minimum Gasteiger partial charge on any atom is -0.495 e. The van der Waals surface area contributed by atoms with Gasteiger partial charge in [-0.05, 0) is 31.4 Å². The summed E-state index contributed by atoms with van der Waals surface area (Å²) in [7, 11) is 1.63. The maximum atomic E-state index is 13.2. The Bertz CT molecular complexity index is 334. The van der Waals surface area contributed by atoms with E-state index in [4.69, 9.17) is 4.74 Å². The van der Waals surface area contributed by atoms with Gasteiger partial charge < -0.3 is 9.64 Å². The van der Waals surface area contributed by atoms with E-state index in [2.05, 4.69) is 4.90 Å². The second-order valence-electron chi connectivity index (χ2n) is 3.86. The molecular weight excluding hydrogens is 193 g/mol. The molecule has 2 nitrogen and oxygen atoms in total. The summed E-state index contributed by atoms with van der Waals surface area (Å²) in [4.78, 5) is 2.20. The quantitative estimate of drug-likeness (QED) is 0.742. The Morgan fingerprint density at radius 2 is 1.93 bits per heavy atom. The van der Waals surface area contributed by atoms with Gasteiger partial charge >= 0.3 is 0 Å². The van der Waals surface area contributed by atoms with Crippen molar-refractivity contribution in [3.05, 3.63) is 24.0 Å². The molecule has 0 aromatic heterocycles. The van der Waals surface area contributed by atoms with Crippen LogP contribution in [0.4, 0.5) is 10.1 Å². The SMILES string of the molecule is COc1ccc(F)cc1N1CCCCC1. The Morgan fingerprint density at radius 1 is 1.20 bits per heavy atom. The van der Waals surface area contributed by atoms with Gasteiger partial charge in [0.25, 0.3) is 0 Å². The number of rotatable bonds is 2. The number of hydrogen-bond donors (Lipinski definition) is 0. The first-order chi connectivity index (χ1) is 7.31. The van der Waals surface area contributed by atoms with E-state index in [9.17, 15) is 4.39 Å². The van der Waals surface area contributed by atoms with Crippen LogP contribution in [0.5, 0.6) is 5.75 Å². The Balaban J connectivity index is 2.27. The average molecular weight is 209 g/mol. The molecule has 2 rings (SSSR count). The van der Waals surface area contributed by atoms with Crippen LogP contribution in [0.2, 0.25) is 0 Å². The van der Waals surface area contributed by atoms with E-state index in [-0.39, 0.29) is 5.82 Å². The summed E-state index contributed by atoms with van der Waals surface area (Å²) >= 11 is 0. The van der Waals surface area contributed by atoms with Crippen LogP contribution >= 0.6 is 0 Å². The van der Waals surface area contributed by atoms with E-state index in [0.717, 1.165) is 24.5 Å². The number of halogens is 1. The van der Waals surface area contributed by atoms with Crippen LogP contribution in [-0.2, 0) is 0 Å². The lowest BCUT2D eigenvalue weighted by molar-refractivity contribution is 0.411. The molecule has 0 unspecified atom stereocenters. The van der Waals surface area contributed by atoms with E-state index in [1.807, 2.05) is 0 Å². The second-order valence-corrected chi connectivity index (χ2v) is 3.86. The van der Waals surface area contributed by atoms with Gasteiger partial charge in [-0.1, -0.05) is 0 Å². The molecule has 1 heterocycles. The molecule has 1 fully saturated rings. The lowest BCUT2D eigenvalue weighted by Crippen LogP contribution is -2.29. The van der Waals surface area contributed by atoms with Gasteiger partial charge in [0.2, 0.25) is 0 Å². The summed E-state index contributed by atoms with van der Waals surface area (Å²) < 4.78 is 18.4. The molecule has 1 aromatic rings. The van der Waals surface area contributed by atoms with E-state index in [1.54, 1.807) is 19.2 Å². The van der Waals surface area contributed by atoms with E-state index < -0.39 is 0 Å². The molecule has 1 saturated heterocycles. The largest absolute Gasteiger partial charge is 0.495 e. The normalized spacial score (nSPS) is 16.5. The smallest absolute Gasteiger partial charge is 0.142 e. The first kappa shape index (κ1) is 10.3. The number of hydrogen-bond acceptors (Lipinski definition) is 2. The van der Waals surface area contributed by atoms with Crippen LogP contribution in [0, 0.1) is 5.82 Å². The molecule has 1 aromatic carbocycles. The van der Waals surface area contributed by atoms with E-state index in [0.29, 0.717) is 0 Å². The van der Waals surface area contributed by atoms with Gasteiger partial charge in [0.05, 0.1) is 12.8 Å². The zero-order valence-corrected chi connectivity index (χ0v) is 9.00. The van der Waals surface area contributed by atoms with Gasteiger partial charge in [-0.25, -0.2) is 4.39 Å². The standard InChI is InChI=1S/C12H16FNO/c1-15-12-6-5-10(13)9-11(12)14-7-3-2-4-8-14/h5-6,9H,2-4,7-8H2,1H3. The highest BCUT2D eigenvalue weighted by molar-refractivity contribution is 5.58. The fraction of sp³-hybridized carbons (Fsp3) is 0.500. The number of benzene rings is 1. The molecule has 0 amide bonds. The summed E-state index contributed by atoms with van der Waals surface area (Å²) in [5, 5.41) is 0. The van der Waals surface area contributed by atoms with Crippen molar-refractivity contribution in [1.29, 1.82) is 0 Å². The van der Waals surface area contributed by atoms with Crippen molar-refractivity contribution in [2.75, 3.05) is 25.1 Å². The number of anilines is 1. The monoisotopic (exact) mass is 209 g/mol. The molecule has 0 radical (unpaired) electrons. The van der Waals surface area contributed by atoms with Crippen LogP contribution in [0.1, 0.15) is 19.3 Å². The van der Waals surface area contributed by atoms with Crippen molar-refractivity contribution in [3.63, 3.8) is 0 Å². The third-order valence-corrected chi connectivity index (χ3v) is 2.84. The highest BCUT2D eigenvalue weighted by Gasteiger charge is 2.15. The molecule has 15 heavy (non-hydrogen) atoms. The van der Waals surface area contributed by atoms with Gasteiger partial charge in [-0.3, -0.25) is 0 Å². The fourth-order valence-corrected chi connectivity index (χ4v) is 2.05. The summed E-state index contributed by atoms with van der Waals surface area (Å²) in [6.07, 6.45) is 3.63. The van der Waals surface area contributed by atoms with Gasteiger partial charge in [-0.2, -0.15) is 0 Å². The molecule has 0 N–H and O–H groups in total. The molecule has 0 saturated carbocycles. The van der Waals surface area contributed by atoms with Gasteiger partial charge in [0.1, 0.15) is 11.6 Å². The zero-order chi connectivity index (χ0) is 10.7. The third-order valence-electron chi connectivity index (χ3n) is 2.84. The lowest BCUT2D eigenvalue weighted by atomic mass is 10.1. The summed E-state index contributed by atoms with van der Waals surface area (Å²) in [6.45, 7) is 2.00. The van der Waals surface area contributed by atoms with Gasteiger partial charge in [-0.15, -0.1) is 0 Å². The molecule has 1 aliphatic heterocycles. The van der Waals surface area contributed by atoms with E-state index in [1.165, 1.54) is 25.3 Å². The second kappa shape index (κ2) is 4.51.